The molecule has 0 aliphatic carbocycles. The highest BCUT2D eigenvalue weighted by Crippen LogP contribution is 2.20. The lowest BCUT2D eigenvalue weighted by atomic mass is 10.1. The first-order chi connectivity index (χ1) is 9.63. The van der Waals surface area contributed by atoms with Gasteiger partial charge in [0.15, 0.2) is 5.82 Å². The topological polar surface area (TPSA) is 55.1 Å². The van der Waals surface area contributed by atoms with Crippen LogP contribution in [-0.4, -0.2) is 19.6 Å². The molecule has 0 aromatic carbocycles. The fourth-order valence-electron chi connectivity index (χ4n) is 2.02. The van der Waals surface area contributed by atoms with Crippen molar-refractivity contribution in [2.24, 2.45) is 0 Å². The summed E-state index contributed by atoms with van der Waals surface area (Å²) in [6.07, 6.45) is 3.64. The lowest BCUT2D eigenvalue weighted by molar-refractivity contribution is 0.787. The van der Waals surface area contributed by atoms with Gasteiger partial charge in [-0.25, -0.2) is 14.5 Å². The molecule has 3 aromatic heterocycles. The van der Waals surface area contributed by atoms with Crippen molar-refractivity contribution < 1.29 is 0 Å². The summed E-state index contributed by atoms with van der Waals surface area (Å²) in [5, 5.41) is 11.0. The molecular formula is C14H17N5S. The van der Waals surface area contributed by atoms with E-state index in [-0.39, 0.29) is 0 Å². The van der Waals surface area contributed by atoms with Crippen LogP contribution in [0, 0.1) is 6.92 Å². The van der Waals surface area contributed by atoms with Crippen molar-refractivity contribution in [1.82, 2.24) is 19.6 Å². The summed E-state index contributed by atoms with van der Waals surface area (Å²) >= 11 is 1.66. The molecule has 3 rings (SSSR count). The van der Waals surface area contributed by atoms with Crippen molar-refractivity contribution in [3.63, 3.8) is 0 Å². The fraction of sp³-hybridized carbons (Fsp3) is 0.357. The second-order valence-corrected chi connectivity index (χ2v) is 6.10. The van der Waals surface area contributed by atoms with Crippen molar-refractivity contribution >= 4 is 22.7 Å². The minimum Gasteiger partial charge on any atom is -0.363 e. The van der Waals surface area contributed by atoms with Gasteiger partial charge < -0.3 is 5.32 Å². The average molecular weight is 287 g/mol. The molecule has 1 N–H and O–H groups in total. The molecule has 0 saturated heterocycles. The Hall–Kier alpha value is -1.95. The van der Waals surface area contributed by atoms with Gasteiger partial charge >= 0.3 is 0 Å². The number of nitrogens with zero attached hydrogens (tertiary/aromatic N) is 4. The van der Waals surface area contributed by atoms with Gasteiger partial charge in [-0.3, -0.25) is 0 Å². The minimum absolute atomic E-state index is 0.406. The molecule has 3 aromatic rings. The summed E-state index contributed by atoms with van der Waals surface area (Å²) in [5.74, 6) is 1.25. The second kappa shape index (κ2) is 5.20. The van der Waals surface area contributed by atoms with Crippen molar-refractivity contribution in [3.8, 4) is 0 Å². The van der Waals surface area contributed by atoms with Crippen LogP contribution < -0.4 is 5.32 Å². The largest absolute Gasteiger partial charge is 0.363 e. The van der Waals surface area contributed by atoms with E-state index in [1.54, 1.807) is 17.5 Å². The summed E-state index contributed by atoms with van der Waals surface area (Å²) < 4.78 is 1.87. The van der Waals surface area contributed by atoms with Crippen LogP contribution >= 0.6 is 11.3 Å². The van der Waals surface area contributed by atoms with Crippen LogP contribution in [0.4, 0.5) is 5.82 Å². The Labute approximate surface area is 121 Å². The van der Waals surface area contributed by atoms with Crippen LogP contribution in [0.5, 0.6) is 0 Å². The van der Waals surface area contributed by atoms with Gasteiger partial charge in [0, 0.05) is 17.8 Å². The number of aromatic nitrogens is 4. The van der Waals surface area contributed by atoms with Crippen molar-refractivity contribution in [2.75, 3.05) is 5.32 Å². The third-order valence-corrected chi connectivity index (χ3v) is 3.93. The molecule has 0 bridgehead atoms. The molecule has 0 amide bonds. The molecule has 0 aliphatic heterocycles. The average Bonchev–Trinajstić information content (AvgIpc) is 3.02. The van der Waals surface area contributed by atoms with Crippen molar-refractivity contribution in [2.45, 2.75) is 33.2 Å². The van der Waals surface area contributed by atoms with E-state index in [0.29, 0.717) is 12.5 Å². The minimum atomic E-state index is 0.406. The molecule has 3 heterocycles. The van der Waals surface area contributed by atoms with Crippen LogP contribution in [0.3, 0.4) is 0 Å². The van der Waals surface area contributed by atoms with Crippen molar-refractivity contribution in [3.05, 3.63) is 40.2 Å². The van der Waals surface area contributed by atoms with E-state index in [9.17, 15) is 0 Å². The van der Waals surface area contributed by atoms with Gasteiger partial charge in [0.05, 0.1) is 22.9 Å². The highest BCUT2D eigenvalue weighted by atomic mass is 32.1. The Bertz CT molecular complexity index is 728. The maximum Gasteiger partial charge on any atom is 0.152 e. The van der Waals surface area contributed by atoms with Gasteiger partial charge in [0.2, 0.25) is 0 Å². The van der Waals surface area contributed by atoms with Crippen LogP contribution in [0.25, 0.3) is 5.52 Å². The Kier molecular flexibility index (Phi) is 3.40. The molecule has 104 valence electrons. The van der Waals surface area contributed by atoms with Gasteiger partial charge in [-0.2, -0.15) is 5.10 Å². The fourth-order valence-corrected chi connectivity index (χ4v) is 2.64. The number of hydrogen-bond acceptors (Lipinski definition) is 5. The second-order valence-electron chi connectivity index (χ2n) is 5.04. The Balaban J connectivity index is 1.87. The zero-order valence-corrected chi connectivity index (χ0v) is 12.6. The smallest absolute Gasteiger partial charge is 0.152 e. The predicted molar refractivity (Wildman–Crippen MR) is 81.3 cm³/mol. The number of nitrogens with one attached hydrogen (secondary N) is 1. The Morgan fingerprint density at radius 1 is 1.40 bits per heavy atom. The third-order valence-electron chi connectivity index (χ3n) is 3.10. The van der Waals surface area contributed by atoms with E-state index in [1.807, 2.05) is 17.6 Å². The number of aryl methyl sites for hydroxylation is 1. The summed E-state index contributed by atoms with van der Waals surface area (Å²) in [6, 6.07) is 2.09. The van der Waals surface area contributed by atoms with E-state index in [0.717, 1.165) is 27.7 Å². The van der Waals surface area contributed by atoms with Gasteiger partial charge in [-0.15, -0.1) is 11.3 Å². The third kappa shape index (κ3) is 2.51. The van der Waals surface area contributed by atoms with E-state index in [2.05, 4.69) is 45.7 Å². The zero-order valence-electron chi connectivity index (χ0n) is 11.8. The van der Waals surface area contributed by atoms with E-state index >= 15 is 0 Å². The first kappa shape index (κ1) is 13.1. The number of rotatable bonds is 4. The predicted octanol–water partition coefficient (Wildman–Crippen LogP) is 3.23. The molecule has 0 radical (unpaired) electrons. The summed E-state index contributed by atoms with van der Waals surface area (Å²) in [4.78, 5) is 8.85. The Morgan fingerprint density at radius 2 is 2.25 bits per heavy atom. The van der Waals surface area contributed by atoms with Crippen LogP contribution in [0.1, 0.15) is 36.2 Å². The normalized spacial score (nSPS) is 11.4. The number of thiazole rings is 1. The SMILES string of the molecule is Cc1nc(CNc2nccn3nc(C(C)C)cc23)cs1. The molecule has 6 heteroatoms. The standard InChI is InChI=1S/C14H17N5S/c1-9(2)12-6-13-14(15-4-5-19(13)18-12)16-7-11-8-20-10(3)17-11/h4-6,8-9H,7H2,1-3H3,(H,15,16). The lowest BCUT2D eigenvalue weighted by Gasteiger charge is -2.04. The van der Waals surface area contributed by atoms with E-state index < -0.39 is 0 Å². The maximum absolute atomic E-state index is 4.56. The highest BCUT2D eigenvalue weighted by molar-refractivity contribution is 7.09. The number of anilines is 1. The first-order valence-corrected chi connectivity index (χ1v) is 7.50. The lowest BCUT2D eigenvalue weighted by Crippen LogP contribution is -2.03. The molecule has 0 saturated carbocycles. The zero-order chi connectivity index (χ0) is 14.1. The molecule has 5 nitrogen and oxygen atoms in total. The highest BCUT2D eigenvalue weighted by Gasteiger charge is 2.09. The van der Waals surface area contributed by atoms with Crippen LogP contribution in [0.2, 0.25) is 0 Å². The molecule has 0 aliphatic rings. The van der Waals surface area contributed by atoms with Gasteiger partial charge in [0.1, 0.15) is 5.52 Å². The molecule has 0 spiro atoms. The van der Waals surface area contributed by atoms with Crippen molar-refractivity contribution in [1.29, 1.82) is 0 Å². The van der Waals surface area contributed by atoms with Gasteiger partial charge in [0.25, 0.3) is 0 Å². The van der Waals surface area contributed by atoms with E-state index in [4.69, 9.17) is 0 Å². The molecular weight excluding hydrogens is 270 g/mol. The molecule has 0 unspecified atom stereocenters. The molecule has 20 heavy (non-hydrogen) atoms. The van der Waals surface area contributed by atoms with Crippen LogP contribution in [0.15, 0.2) is 23.8 Å². The number of fused-ring (bicyclic) bond motifs is 1. The monoisotopic (exact) mass is 287 g/mol. The molecule has 0 fully saturated rings. The molecule has 0 atom stereocenters. The summed E-state index contributed by atoms with van der Waals surface area (Å²) in [6.45, 7) is 6.97. The maximum atomic E-state index is 4.56. The summed E-state index contributed by atoms with van der Waals surface area (Å²) in [7, 11) is 0. The quantitative estimate of drug-likeness (QED) is 0.800. The number of hydrogen-bond donors (Lipinski definition) is 1. The first-order valence-electron chi connectivity index (χ1n) is 6.62. The van der Waals surface area contributed by atoms with E-state index in [1.165, 1.54) is 0 Å². The summed E-state index contributed by atoms with van der Waals surface area (Å²) in [5.41, 5.74) is 3.12. The van der Waals surface area contributed by atoms with Gasteiger partial charge in [-0.05, 0) is 18.9 Å². The van der Waals surface area contributed by atoms with Crippen LogP contribution in [-0.2, 0) is 6.54 Å². The Morgan fingerprint density at radius 3 is 2.95 bits per heavy atom. The van der Waals surface area contributed by atoms with Gasteiger partial charge in [-0.1, -0.05) is 13.8 Å².